The fourth-order valence-electron chi connectivity index (χ4n) is 11.4. The number of rotatable bonds is 6. The number of aromatic nitrogens is 4. The van der Waals surface area contributed by atoms with Gasteiger partial charge < -0.3 is 4.57 Å². The lowest BCUT2D eigenvalue weighted by atomic mass is 9.70. The maximum absolute atomic E-state index is 5.48. The maximum Gasteiger partial charge on any atom is 0.166 e. The van der Waals surface area contributed by atoms with E-state index in [1.807, 2.05) is 36.4 Å². The molecule has 4 heteroatoms. The molecular weight excluding hydrogens is 825 g/mol. The van der Waals surface area contributed by atoms with Crippen molar-refractivity contribution in [3.8, 4) is 84.4 Å². The molecule has 0 aliphatic heterocycles. The van der Waals surface area contributed by atoms with Gasteiger partial charge in [0.2, 0.25) is 0 Å². The van der Waals surface area contributed by atoms with Crippen LogP contribution in [0.2, 0.25) is 0 Å². The second-order valence-electron chi connectivity index (χ2n) is 17.8. The van der Waals surface area contributed by atoms with Gasteiger partial charge >= 0.3 is 0 Å². The Morgan fingerprint density at radius 2 is 0.735 bits per heavy atom. The highest BCUT2D eigenvalue weighted by molar-refractivity contribution is 6.13. The molecule has 0 fully saturated rings. The average molecular weight is 865 g/mol. The molecule has 14 rings (SSSR count). The van der Waals surface area contributed by atoms with Gasteiger partial charge in [-0.25, -0.2) is 15.0 Å². The van der Waals surface area contributed by atoms with Gasteiger partial charge in [0.25, 0.3) is 0 Å². The summed E-state index contributed by atoms with van der Waals surface area (Å²) in [5.41, 5.74) is 20.1. The summed E-state index contributed by atoms with van der Waals surface area (Å²) in [6.45, 7) is 0. The molecule has 0 radical (unpaired) electrons. The van der Waals surface area contributed by atoms with Crippen LogP contribution in [0, 0.1) is 0 Å². The van der Waals surface area contributed by atoms with E-state index in [1.165, 1.54) is 55.3 Å². The van der Waals surface area contributed by atoms with Gasteiger partial charge in [-0.15, -0.1) is 0 Å². The van der Waals surface area contributed by atoms with Gasteiger partial charge in [-0.2, -0.15) is 0 Å². The van der Waals surface area contributed by atoms with E-state index in [4.69, 9.17) is 15.0 Å². The van der Waals surface area contributed by atoms with Gasteiger partial charge in [-0.3, -0.25) is 0 Å². The lowest BCUT2D eigenvalue weighted by Crippen LogP contribution is -2.25. The number of hydrogen-bond acceptors (Lipinski definition) is 3. The van der Waals surface area contributed by atoms with Crippen LogP contribution in [0.4, 0.5) is 0 Å². The van der Waals surface area contributed by atoms with Crippen LogP contribution in [-0.4, -0.2) is 19.5 Å². The van der Waals surface area contributed by atoms with Gasteiger partial charge in [0.15, 0.2) is 17.5 Å². The zero-order valence-corrected chi connectivity index (χ0v) is 36.9. The first-order chi connectivity index (χ1) is 33.7. The molecule has 4 nitrogen and oxygen atoms in total. The highest BCUT2D eigenvalue weighted by Crippen LogP contribution is 2.63. The molecule has 0 N–H and O–H groups in total. The Balaban J connectivity index is 1.15. The van der Waals surface area contributed by atoms with Crippen LogP contribution in [0.5, 0.6) is 0 Å². The first-order valence-electron chi connectivity index (χ1n) is 23.3. The van der Waals surface area contributed by atoms with Gasteiger partial charge in [-0.1, -0.05) is 212 Å². The molecule has 2 aliphatic rings. The normalized spacial score (nSPS) is 12.8. The minimum atomic E-state index is -0.512. The van der Waals surface area contributed by atoms with E-state index in [9.17, 15) is 0 Å². The SMILES string of the molecule is c1ccc(-c2cc(-c3ccccc3)c(-c3nc(-c4ccccc4)nc(-c4ccccc4)n3)c(-n3c4ccccc4c4cc5c(cc43)C3(c4ccccc4-c4ccccc43)c3ccccc3-5)c2)cc1. The molecule has 0 bridgehead atoms. The van der Waals surface area contributed by atoms with Gasteiger partial charge in [0.05, 0.1) is 27.7 Å². The van der Waals surface area contributed by atoms with Crippen molar-refractivity contribution in [1.82, 2.24) is 19.5 Å². The van der Waals surface area contributed by atoms with E-state index >= 15 is 0 Å². The first kappa shape index (κ1) is 38.3. The summed E-state index contributed by atoms with van der Waals surface area (Å²) in [4.78, 5) is 16.1. The zero-order valence-electron chi connectivity index (χ0n) is 36.9. The van der Waals surface area contributed by atoms with Crippen LogP contribution in [0.3, 0.4) is 0 Å². The van der Waals surface area contributed by atoms with Gasteiger partial charge in [0.1, 0.15) is 0 Å². The Hall–Kier alpha value is -8.99. The molecule has 0 unspecified atom stereocenters. The maximum atomic E-state index is 5.48. The zero-order chi connectivity index (χ0) is 44.8. The van der Waals surface area contributed by atoms with E-state index in [0.717, 1.165) is 55.7 Å². The molecular formula is C64H40N4. The summed E-state index contributed by atoms with van der Waals surface area (Å²) < 4.78 is 2.50. The number of nitrogens with zero attached hydrogens (tertiary/aromatic N) is 4. The average Bonchev–Trinajstić information content (AvgIpc) is 4.02. The van der Waals surface area contributed by atoms with Crippen molar-refractivity contribution in [2.24, 2.45) is 0 Å². The molecule has 316 valence electrons. The van der Waals surface area contributed by atoms with Crippen molar-refractivity contribution in [2.45, 2.75) is 5.41 Å². The summed E-state index contributed by atoms with van der Waals surface area (Å²) in [5.74, 6) is 1.83. The summed E-state index contributed by atoms with van der Waals surface area (Å²) in [6.07, 6.45) is 0. The Labute approximate surface area is 394 Å². The summed E-state index contributed by atoms with van der Waals surface area (Å²) >= 11 is 0. The van der Waals surface area contributed by atoms with Crippen LogP contribution < -0.4 is 0 Å². The number of hydrogen-bond donors (Lipinski definition) is 0. The molecule has 0 atom stereocenters. The molecule has 0 amide bonds. The third-order valence-corrected chi connectivity index (χ3v) is 14.3. The number of fused-ring (bicyclic) bond motifs is 13. The topological polar surface area (TPSA) is 43.6 Å². The summed E-state index contributed by atoms with van der Waals surface area (Å²) in [6, 6.07) is 87.6. The third kappa shape index (κ3) is 5.58. The Morgan fingerprint density at radius 1 is 0.279 bits per heavy atom. The Bertz CT molecular complexity index is 3850. The van der Waals surface area contributed by atoms with Crippen molar-refractivity contribution < 1.29 is 0 Å². The largest absolute Gasteiger partial charge is 0.308 e. The van der Waals surface area contributed by atoms with Crippen molar-refractivity contribution in [3.05, 3.63) is 265 Å². The molecule has 0 saturated carbocycles. The summed E-state index contributed by atoms with van der Waals surface area (Å²) in [7, 11) is 0. The van der Waals surface area contributed by atoms with Gasteiger partial charge in [-0.05, 0) is 97.1 Å². The molecule has 10 aromatic carbocycles. The minimum Gasteiger partial charge on any atom is -0.308 e. The van der Waals surface area contributed by atoms with Crippen LogP contribution in [0.15, 0.2) is 243 Å². The molecule has 12 aromatic rings. The van der Waals surface area contributed by atoms with E-state index in [2.05, 4.69) is 211 Å². The monoisotopic (exact) mass is 864 g/mol. The van der Waals surface area contributed by atoms with Crippen LogP contribution >= 0.6 is 0 Å². The molecule has 2 heterocycles. The summed E-state index contributed by atoms with van der Waals surface area (Å²) in [5, 5.41) is 2.37. The lowest BCUT2D eigenvalue weighted by Gasteiger charge is -2.30. The molecule has 1 spiro atoms. The lowest BCUT2D eigenvalue weighted by molar-refractivity contribution is 0.794. The second-order valence-corrected chi connectivity index (χ2v) is 17.8. The predicted molar refractivity (Wildman–Crippen MR) is 278 cm³/mol. The van der Waals surface area contributed by atoms with Crippen LogP contribution in [0.25, 0.3) is 106 Å². The number of para-hydroxylation sites is 1. The fourth-order valence-corrected chi connectivity index (χ4v) is 11.4. The van der Waals surface area contributed by atoms with Crippen LogP contribution in [-0.2, 0) is 5.41 Å². The number of benzene rings is 10. The van der Waals surface area contributed by atoms with Crippen molar-refractivity contribution >= 4 is 21.8 Å². The highest BCUT2D eigenvalue weighted by Gasteiger charge is 2.51. The fraction of sp³-hybridized carbons (Fsp3) is 0.0156. The quantitative estimate of drug-likeness (QED) is 0.167. The smallest absolute Gasteiger partial charge is 0.166 e. The van der Waals surface area contributed by atoms with Crippen LogP contribution in [0.1, 0.15) is 22.3 Å². The third-order valence-electron chi connectivity index (χ3n) is 14.3. The molecule has 0 saturated heterocycles. The van der Waals surface area contributed by atoms with E-state index in [0.29, 0.717) is 17.5 Å². The highest BCUT2D eigenvalue weighted by atomic mass is 15.1. The van der Waals surface area contributed by atoms with E-state index < -0.39 is 5.41 Å². The minimum absolute atomic E-state index is 0.512. The molecule has 68 heavy (non-hydrogen) atoms. The first-order valence-corrected chi connectivity index (χ1v) is 23.3. The standard InChI is InChI=1S/C64H40N4/c1-5-21-41(22-6-1)45-37-50(42-23-7-2-8-24-42)60(63-66-61(43-25-9-3-10-26-43)65-62(67-63)44-27-11-4-12-28-44)59(38-45)68-57-36-20-16-32-49(57)52-39-51-48-31-15-19-35-55(48)64(56(51)40-58(52)68)53-33-17-13-29-46(53)47-30-14-18-34-54(47)64/h1-40H. The van der Waals surface area contributed by atoms with Crippen molar-refractivity contribution in [2.75, 3.05) is 0 Å². The Kier molecular flexibility index (Phi) is 8.46. The molecule has 2 aromatic heterocycles. The molecule has 2 aliphatic carbocycles. The predicted octanol–water partition coefficient (Wildman–Crippen LogP) is 15.6. The van der Waals surface area contributed by atoms with E-state index in [1.54, 1.807) is 0 Å². The second kappa shape index (κ2) is 15.0. The Morgan fingerprint density at radius 3 is 1.31 bits per heavy atom. The van der Waals surface area contributed by atoms with Crippen molar-refractivity contribution in [1.29, 1.82) is 0 Å². The van der Waals surface area contributed by atoms with Crippen molar-refractivity contribution in [3.63, 3.8) is 0 Å². The van der Waals surface area contributed by atoms with Gasteiger partial charge in [0, 0.05) is 21.9 Å². The van der Waals surface area contributed by atoms with E-state index in [-0.39, 0.29) is 0 Å².